The van der Waals surface area contributed by atoms with Gasteiger partial charge in [-0.2, -0.15) is 0 Å². The van der Waals surface area contributed by atoms with Gasteiger partial charge in [0.25, 0.3) is 0 Å². The second kappa shape index (κ2) is 6.40. The molecule has 0 saturated heterocycles. The summed E-state index contributed by atoms with van der Waals surface area (Å²) in [6.45, 7) is 6.69. The van der Waals surface area contributed by atoms with Gasteiger partial charge in [-0.15, -0.1) is 0 Å². The lowest BCUT2D eigenvalue weighted by Gasteiger charge is -2.25. The van der Waals surface area contributed by atoms with E-state index in [2.05, 4.69) is 31.2 Å². The molecule has 3 nitrogen and oxygen atoms in total. The van der Waals surface area contributed by atoms with Gasteiger partial charge >= 0.3 is 0 Å². The molecule has 3 heteroatoms. The standard InChI is InChI=1S/C14H21NO2/c1-5-17-10-14(16)15(4)12(3)13-8-6-11(2)7-9-13/h6-9,12H,5,10H2,1-4H3. The molecule has 1 unspecified atom stereocenters. The smallest absolute Gasteiger partial charge is 0.248 e. The maximum Gasteiger partial charge on any atom is 0.248 e. The number of carbonyl (C=O) groups is 1. The second-order valence-corrected chi connectivity index (χ2v) is 4.23. The van der Waals surface area contributed by atoms with E-state index < -0.39 is 0 Å². The van der Waals surface area contributed by atoms with Gasteiger partial charge in [0.15, 0.2) is 0 Å². The van der Waals surface area contributed by atoms with Gasteiger partial charge in [-0.1, -0.05) is 29.8 Å². The molecular formula is C14H21NO2. The number of hydrogen-bond acceptors (Lipinski definition) is 2. The zero-order valence-electron chi connectivity index (χ0n) is 11.1. The molecule has 0 aliphatic rings. The lowest BCUT2D eigenvalue weighted by Crippen LogP contribution is -2.32. The third-order valence-corrected chi connectivity index (χ3v) is 2.96. The number of hydrogen-bond donors (Lipinski definition) is 0. The molecule has 0 aromatic heterocycles. The zero-order valence-corrected chi connectivity index (χ0v) is 11.1. The van der Waals surface area contributed by atoms with Gasteiger partial charge in [0.2, 0.25) is 5.91 Å². The van der Waals surface area contributed by atoms with Crippen LogP contribution >= 0.6 is 0 Å². The summed E-state index contributed by atoms with van der Waals surface area (Å²) in [5.74, 6) is 0.0138. The highest BCUT2D eigenvalue weighted by atomic mass is 16.5. The summed E-state index contributed by atoms with van der Waals surface area (Å²) in [6.07, 6.45) is 0. The van der Waals surface area contributed by atoms with Crippen LogP contribution in [0.5, 0.6) is 0 Å². The van der Waals surface area contributed by atoms with Crippen molar-refractivity contribution < 1.29 is 9.53 Å². The molecule has 1 aromatic rings. The van der Waals surface area contributed by atoms with Gasteiger partial charge < -0.3 is 9.64 Å². The van der Waals surface area contributed by atoms with Crippen LogP contribution in [0.25, 0.3) is 0 Å². The Morgan fingerprint density at radius 3 is 2.47 bits per heavy atom. The number of benzene rings is 1. The van der Waals surface area contributed by atoms with Crippen molar-refractivity contribution in [2.24, 2.45) is 0 Å². The van der Waals surface area contributed by atoms with E-state index in [1.54, 1.807) is 4.90 Å². The summed E-state index contributed by atoms with van der Waals surface area (Å²) in [5.41, 5.74) is 2.37. The van der Waals surface area contributed by atoms with E-state index in [0.29, 0.717) is 6.61 Å². The Morgan fingerprint density at radius 1 is 1.35 bits per heavy atom. The predicted molar refractivity (Wildman–Crippen MR) is 68.9 cm³/mol. The van der Waals surface area contributed by atoms with Crippen molar-refractivity contribution >= 4 is 5.91 Å². The van der Waals surface area contributed by atoms with E-state index >= 15 is 0 Å². The Kier molecular flexibility index (Phi) is 5.16. The van der Waals surface area contributed by atoms with Crippen LogP contribution in [0.4, 0.5) is 0 Å². The quantitative estimate of drug-likeness (QED) is 0.785. The fourth-order valence-corrected chi connectivity index (χ4v) is 1.58. The number of ether oxygens (including phenoxy) is 1. The lowest BCUT2D eigenvalue weighted by molar-refractivity contribution is -0.136. The first-order chi connectivity index (χ1) is 8.06. The molecule has 0 aliphatic heterocycles. The lowest BCUT2D eigenvalue weighted by atomic mass is 10.1. The van der Waals surface area contributed by atoms with Crippen LogP contribution in [0.3, 0.4) is 0 Å². The van der Waals surface area contributed by atoms with Crippen molar-refractivity contribution in [2.45, 2.75) is 26.8 Å². The third-order valence-electron chi connectivity index (χ3n) is 2.96. The molecule has 0 aliphatic carbocycles. The molecule has 1 rings (SSSR count). The molecule has 17 heavy (non-hydrogen) atoms. The van der Waals surface area contributed by atoms with Crippen LogP contribution in [-0.4, -0.2) is 31.1 Å². The molecule has 1 aromatic carbocycles. The second-order valence-electron chi connectivity index (χ2n) is 4.23. The summed E-state index contributed by atoms with van der Waals surface area (Å²) in [5, 5.41) is 0. The van der Waals surface area contributed by atoms with Crippen LogP contribution in [0.15, 0.2) is 24.3 Å². The van der Waals surface area contributed by atoms with Crippen molar-refractivity contribution in [1.29, 1.82) is 0 Å². The van der Waals surface area contributed by atoms with Crippen molar-refractivity contribution in [3.63, 3.8) is 0 Å². The van der Waals surface area contributed by atoms with Crippen molar-refractivity contribution in [3.05, 3.63) is 35.4 Å². The van der Waals surface area contributed by atoms with Gasteiger partial charge in [-0.25, -0.2) is 0 Å². The Hall–Kier alpha value is -1.35. The minimum absolute atomic E-state index is 0.0138. The summed E-state index contributed by atoms with van der Waals surface area (Å²) < 4.78 is 5.13. The number of likely N-dealkylation sites (N-methyl/N-ethyl adjacent to an activating group) is 1. The Bertz CT molecular complexity index is 359. The molecular weight excluding hydrogens is 214 g/mol. The first-order valence-electron chi connectivity index (χ1n) is 5.96. The largest absolute Gasteiger partial charge is 0.372 e. The summed E-state index contributed by atoms with van der Waals surface area (Å²) in [4.78, 5) is 13.5. The van der Waals surface area contributed by atoms with Gasteiger partial charge in [0, 0.05) is 13.7 Å². The molecule has 0 fully saturated rings. The molecule has 94 valence electrons. The minimum atomic E-state index is 0.0138. The zero-order chi connectivity index (χ0) is 12.8. The fourth-order valence-electron chi connectivity index (χ4n) is 1.58. The SMILES string of the molecule is CCOCC(=O)N(C)C(C)c1ccc(C)cc1. The topological polar surface area (TPSA) is 29.5 Å². The highest BCUT2D eigenvalue weighted by Gasteiger charge is 2.16. The van der Waals surface area contributed by atoms with Gasteiger partial charge in [0.05, 0.1) is 6.04 Å². The van der Waals surface area contributed by atoms with Gasteiger partial charge in [-0.3, -0.25) is 4.79 Å². The van der Waals surface area contributed by atoms with Crippen molar-refractivity contribution in [2.75, 3.05) is 20.3 Å². The van der Waals surface area contributed by atoms with E-state index in [1.807, 2.05) is 20.9 Å². The number of amides is 1. The Morgan fingerprint density at radius 2 is 1.94 bits per heavy atom. The van der Waals surface area contributed by atoms with Crippen LogP contribution < -0.4 is 0 Å². The molecule has 0 radical (unpaired) electrons. The number of carbonyl (C=O) groups excluding carboxylic acids is 1. The molecule has 0 bridgehead atoms. The monoisotopic (exact) mass is 235 g/mol. The molecule has 1 amide bonds. The normalized spacial score (nSPS) is 12.2. The van der Waals surface area contributed by atoms with Crippen LogP contribution in [-0.2, 0) is 9.53 Å². The van der Waals surface area contributed by atoms with E-state index in [0.717, 1.165) is 5.56 Å². The average Bonchev–Trinajstić information content (AvgIpc) is 2.35. The maximum absolute atomic E-state index is 11.8. The van der Waals surface area contributed by atoms with Crippen LogP contribution in [0.2, 0.25) is 0 Å². The number of rotatable bonds is 5. The Balaban J connectivity index is 2.65. The van der Waals surface area contributed by atoms with E-state index in [9.17, 15) is 4.79 Å². The first-order valence-corrected chi connectivity index (χ1v) is 5.96. The first kappa shape index (κ1) is 13.7. The average molecular weight is 235 g/mol. The highest BCUT2D eigenvalue weighted by molar-refractivity contribution is 5.77. The minimum Gasteiger partial charge on any atom is -0.372 e. The third kappa shape index (κ3) is 3.86. The number of aryl methyl sites for hydroxylation is 1. The number of nitrogens with zero attached hydrogens (tertiary/aromatic N) is 1. The van der Waals surface area contributed by atoms with Gasteiger partial charge in [-0.05, 0) is 26.3 Å². The Labute approximate surface area is 103 Å². The summed E-state index contributed by atoms with van der Waals surface area (Å²) >= 11 is 0. The summed E-state index contributed by atoms with van der Waals surface area (Å²) in [6, 6.07) is 8.32. The van der Waals surface area contributed by atoms with E-state index in [4.69, 9.17) is 4.74 Å². The van der Waals surface area contributed by atoms with Crippen LogP contribution in [0.1, 0.15) is 31.0 Å². The predicted octanol–water partition coefficient (Wildman–Crippen LogP) is 2.55. The molecule has 1 atom stereocenters. The molecule has 0 saturated carbocycles. The van der Waals surface area contributed by atoms with E-state index in [-0.39, 0.29) is 18.6 Å². The fraction of sp³-hybridized carbons (Fsp3) is 0.500. The van der Waals surface area contributed by atoms with E-state index in [1.165, 1.54) is 5.56 Å². The summed E-state index contributed by atoms with van der Waals surface area (Å²) in [7, 11) is 1.81. The maximum atomic E-state index is 11.8. The van der Waals surface area contributed by atoms with Crippen LogP contribution in [0, 0.1) is 6.92 Å². The molecule has 0 spiro atoms. The molecule has 0 N–H and O–H groups in total. The van der Waals surface area contributed by atoms with Crippen molar-refractivity contribution in [1.82, 2.24) is 4.90 Å². The highest BCUT2D eigenvalue weighted by Crippen LogP contribution is 2.19. The molecule has 0 heterocycles. The van der Waals surface area contributed by atoms with Crippen molar-refractivity contribution in [3.8, 4) is 0 Å². The van der Waals surface area contributed by atoms with Gasteiger partial charge in [0.1, 0.15) is 6.61 Å².